The number of aromatic nitrogens is 1. The Bertz CT molecular complexity index is 566. The predicted molar refractivity (Wildman–Crippen MR) is 65.1 cm³/mol. The minimum atomic E-state index is -0.374. The molecule has 0 aliphatic carbocycles. The van der Waals surface area contributed by atoms with Crippen LogP contribution in [0.15, 0.2) is 29.0 Å². The van der Waals surface area contributed by atoms with Gasteiger partial charge in [-0.3, -0.25) is 4.79 Å². The highest BCUT2D eigenvalue weighted by molar-refractivity contribution is 6.33. The standard InChI is InChI=1S/C11H10ClN3O2/c1-6-10(17-5-14-6)11(16)15-7-2-3-9(13)8(12)4-7/h2-5H,13H2,1H3,(H,15,16). The summed E-state index contributed by atoms with van der Waals surface area (Å²) in [5.74, 6) is -0.196. The fourth-order valence-corrected chi connectivity index (χ4v) is 1.49. The van der Waals surface area contributed by atoms with Crippen LogP contribution in [0.1, 0.15) is 16.2 Å². The maximum absolute atomic E-state index is 11.8. The number of benzene rings is 1. The molecule has 17 heavy (non-hydrogen) atoms. The highest BCUT2D eigenvalue weighted by atomic mass is 35.5. The lowest BCUT2D eigenvalue weighted by atomic mass is 10.2. The predicted octanol–water partition coefficient (Wildman–Crippen LogP) is 2.47. The molecule has 1 aromatic heterocycles. The average molecular weight is 252 g/mol. The Labute approximate surface area is 103 Å². The molecule has 0 aliphatic heterocycles. The zero-order valence-corrected chi connectivity index (χ0v) is 9.78. The number of nitrogens with two attached hydrogens (primary N) is 1. The van der Waals surface area contributed by atoms with Crippen molar-refractivity contribution in [3.63, 3.8) is 0 Å². The molecule has 1 aromatic carbocycles. The van der Waals surface area contributed by atoms with Crippen LogP contribution >= 0.6 is 11.6 Å². The van der Waals surface area contributed by atoms with Crippen LogP contribution in [0.2, 0.25) is 5.02 Å². The molecule has 0 spiro atoms. The minimum Gasteiger partial charge on any atom is -0.438 e. The lowest BCUT2D eigenvalue weighted by molar-refractivity contribution is 0.0996. The van der Waals surface area contributed by atoms with Gasteiger partial charge in [0.15, 0.2) is 6.39 Å². The van der Waals surface area contributed by atoms with Gasteiger partial charge in [-0.05, 0) is 25.1 Å². The number of carbonyl (C=O) groups is 1. The van der Waals surface area contributed by atoms with Crippen LogP contribution in [0.5, 0.6) is 0 Å². The molecule has 2 rings (SSSR count). The number of hydrogen-bond acceptors (Lipinski definition) is 4. The third kappa shape index (κ3) is 2.39. The number of nitrogen functional groups attached to an aromatic ring is 1. The van der Waals surface area contributed by atoms with Gasteiger partial charge in [0.1, 0.15) is 0 Å². The van der Waals surface area contributed by atoms with Crippen molar-refractivity contribution in [3.05, 3.63) is 41.1 Å². The van der Waals surface area contributed by atoms with Crippen LogP contribution in [0.4, 0.5) is 11.4 Å². The first-order chi connectivity index (χ1) is 8.08. The fraction of sp³-hybridized carbons (Fsp3) is 0.0909. The number of carbonyl (C=O) groups excluding carboxylic acids is 1. The van der Waals surface area contributed by atoms with Gasteiger partial charge < -0.3 is 15.5 Å². The number of anilines is 2. The fourth-order valence-electron chi connectivity index (χ4n) is 1.31. The molecule has 0 saturated heterocycles. The van der Waals surface area contributed by atoms with E-state index in [0.29, 0.717) is 22.1 Å². The molecule has 0 radical (unpaired) electrons. The number of oxazole rings is 1. The average Bonchev–Trinajstić information content (AvgIpc) is 2.70. The molecule has 5 nitrogen and oxygen atoms in total. The zero-order valence-electron chi connectivity index (χ0n) is 9.03. The lowest BCUT2D eigenvalue weighted by Gasteiger charge is -2.05. The van der Waals surface area contributed by atoms with Crippen molar-refractivity contribution in [2.45, 2.75) is 6.92 Å². The topological polar surface area (TPSA) is 81.2 Å². The van der Waals surface area contributed by atoms with Crippen molar-refractivity contribution in [2.24, 2.45) is 0 Å². The summed E-state index contributed by atoms with van der Waals surface area (Å²) in [6.45, 7) is 1.69. The Kier molecular flexibility index (Phi) is 3.01. The van der Waals surface area contributed by atoms with E-state index in [2.05, 4.69) is 10.3 Å². The number of aryl methyl sites for hydroxylation is 1. The molecular weight excluding hydrogens is 242 g/mol. The zero-order chi connectivity index (χ0) is 12.4. The quantitative estimate of drug-likeness (QED) is 0.804. The third-order valence-electron chi connectivity index (χ3n) is 2.21. The van der Waals surface area contributed by atoms with E-state index in [4.69, 9.17) is 21.8 Å². The molecule has 1 amide bonds. The van der Waals surface area contributed by atoms with Crippen molar-refractivity contribution >= 4 is 28.9 Å². The molecule has 3 N–H and O–H groups in total. The van der Waals surface area contributed by atoms with E-state index in [1.54, 1.807) is 25.1 Å². The SMILES string of the molecule is Cc1ncoc1C(=O)Nc1ccc(N)c(Cl)c1. The van der Waals surface area contributed by atoms with Gasteiger partial charge in [-0.2, -0.15) is 0 Å². The summed E-state index contributed by atoms with van der Waals surface area (Å²) < 4.78 is 4.97. The van der Waals surface area contributed by atoms with E-state index in [-0.39, 0.29) is 11.7 Å². The summed E-state index contributed by atoms with van der Waals surface area (Å²) in [6, 6.07) is 4.84. The molecule has 0 unspecified atom stereocenters. The van der Waals surface area contributed by atoms with Crippen LogP contribution in [0.25, 0.3) is 0 Å². The summed E-state index contributed by atoms with van der Waals surface area (Å²) in [7, 11) is 0. The monoisotopic (exact) mass is 251 g/mol. The van der Waals surface area contributed by atoms with Gasteiger partial charge in [-0.15, -0.1) is 0 Å². The molecule has 1 heterocycles. The first-order valence-electron chi connectivity index (χ1n) is 4.84. The summed E-state index contributed by atoms with van der Waals surface area (Å²) >= 11 is 5.84. The van der Waals surface area contributed by atoms with Crippen molar-refractivity contribution in [3.8, 4) is 0 Å². The molecule has 2 aromatic rings. The number of amides is 1. The Hall–Kier alpha value is -2.01. The molecule has 88 valence electrons. The Morgan fingerprint density at radius 1 is 1.53 bits per heavy atom. The third-order valence-corrected chi connectivity index (χ3v) is 2.54. The number of hydrogen-bond donors (Lipinski definition) is 2. The van der Waals surface area contributed by atoms with Gasteiger partial charge in [-0.1, -0.05) is 11.6 Å². The Morgan fingerprint density at radius 2 is 2.29 bits per heavy atom. The number of halogens is 1. The Balaban J connectivity index is 2.19. The van der Waals surface area contributed by atoms with Gasteiger partial charge in [0.05, 0.1) is 16.4 Å². The highest BCUT2D eigenvalue weighted by Gasteiger charge is 2.14. The minimum absolute atomic E-state index is 0.179. The van der Waals surface area contributed by atoms with Crippen molar-refractivity contribution in [1.29, 1.82) is 0 Å². The van der Waals surface area contributed by atoms with Gasteiger partial charge in [0, 0.05) is 5.69 Å². The van der Waals surface area contributed by atoms with Gasteiger partial charge in [0.2, 0.25) is 5.76 Å². The van der Waals surface area contributed by atoms with Crippen molar-refractivity contribution < 1.29 is 9.21 Å². The largest absolute Gasteiger partial charge is 0.438 e. The van der Waals surface area contributed by atoms with E-state index in [0.717, 1.165) is 0 Å². The van der Waals surface area contributed by atoms with Gasteiger partial charge >= 0.3 is 0 Å². The van der Waals surface area contributed by atoms with E-state index in [1.807, 2.05) is 0 Å². The van der Waals surface area contributed by atoms with E-state index >= 15 is 0 Å². The Morgan fingerprint density at radius 3 is 2.88 bits per heavy atom. The van der Waals surface area contributed by atoms with Crippen LogP contribution in [-0.2, 0) is 0 Å². The molecule has 6 heteroatoms. The maximum Gasteiger partial charge on any atom is 0.293 e. The maximum atomic E-state index is 11.8. The van der Waals surface area contributed by atoms with Gasteiger partial charge in [-0.25, -0.2) is 4.98 Å². The summed E-state index contributed by atoms with van der Waals surface area (Å²) in [6.07, 6.45) is 1.22. The summed E-state index contributed by atoms with van der Waals surface area (Å²) in [5, 5.41) is 3.03. The summed E-state index contributed by atoms with van der Waals surface area (Å²) in [4.78, 5) is 15.6. The first-order valence-corrected chi connectivity index (χ1v) is 5.22. The molecule has 0 fully saturated rings. The molecule has 0 bridgehead atoms. The molecule has 0 saturated carbocycles. The number of nitrogens with zero attached hydrogens (tertiary/aromatic N) is 1. The normalized spacial score (nSPS) is 10.2. The second kappa shape index (κ2) is 4.47. The van der Waals surface area contributed by atoms with Crippen LogP contribution in [0.3, 0.4) is 0 Å². The smallest absolute Gasteiger partial charge is 0.293 e. The number of nitrogens with one attached hydrogen (secondary N) is 1. The van der Waals surface area contributed by atoms with E-state index in [9.17, 15) is 4.79 Å². The van der Waals surface area contributed by atoms with E-state index in [1.165, 1.54) is 6.39 Å². The van der Waals surface area contributed by atoms with Crippen LogP contribution in [0, 0.1) is 6.92 Å². The molecule has 0 atom stereocenters. The van der Waals surface area contributed by atoms with Crippen LogP contribution in [-0.4, -0.2) is 10.9 Å². The molecular formula is C11H10ClN3O2. The second-order valence-corrected chi connectivity index (χ2v) is 3.86. The van der Waals surface area contributed by atoms with Crippen molar-refractivity contribution in [2.75, 3.05) is 11.1 Å². The molecule has 0 aliphatic rings. The van der Waals surface area contributed by atoms with E-state index < -0.39 is 0 Å². The summed E-state index contributed by atoms with van der Waals surface area (Å²) in [5.41, 5.74) is 7.10. The highest BCUT2D eigenvalue weighted by Crippen LogP contribution is 2.23. The number of rotatable bonds is 2. The van der Waals surface area contributed by atoms with Gasteiger partial charge in [0.25, 0.3) is 5.91 Å². The first kappa shape index (κ1) is 11.5. The lowest BCUT2D eigenvalue weighted by Crippen LogP contribution is -2.12. The van der Waals surface area contributed by atoms with Crippen LogP contribution < -0.4 is 11.1 Å². The van der Waals surface area contributed by atoms with Crippen molar-refractivity contribution in [1.82, 2.24) is 4.98 Å². The second-order valence-electron chi connectivity index (χ2n) is 3.46.